The van der Waals surface area contributed by atoms with Crippen molar-refractivity contribution in [2.75, 3.05) is 20.8 Å². The summed E-state index contributed by atoms with van der Waals surface area (Å²) in [5.41, 5.74) is 2.91. The summed E-state index contributed by atoms with van der Waals surface area (Å²) in [5, 5.41) is 9.31. The van der Waals surface area contributed by atoms with E-state index >= 15 is 0 Å². The summed E-state index contributed by atoms with van der Waals surface area (Å²) in [5.74, 6) is 0.0251. The normalized spacial score (nSPS) is 14.3. The number of thiazole rings is 1. The van der Waals surface area contributed by atoms with Crippen molar-refractivity contribution >= 4 is 51.9 Å². The highest BCUT2D eigenvalue weighted by molar-refractivity contribution is 14.1. The molecule has 47 heavy (non-hydrogen) atoms. The number of rotatable bonds is 12. The van der Waals surface area contributed by atoms with Crippen LogP contribution in [0, 0.1) is 3.57 Å². The van der Waals surface area contributed by atoms with Gasteiger partial charge in [0.05, 0.1) is 51.8 Å². The molecule has 5 rings (SSSR count). The van der Waals surface area contributed by atoms with Gasteiger partial charge in [0.25, 0.3) is 5.56 Å². The first-order valence-corrected chi connectivity index (χ1v) is 16.8. The fourth-order valence-corrected chi connectivity index (χ4v) is 7.11. The highest BCUT2D eigenvalue weighted by atomic mass is 127. The van der Waals surface area contributed by atoms with Gasteiger partial charge in [-0.1, -0.05) is 48.9 Å². The van der Waals surface area contributed by atoms with Crippen LogP contribution in [0.15, 0.2) is 81.7 Å². The predicted molar refractivity (Wildman–Crippen MR) is 186 cm³/mol. The number of carboxylic acids is 1. The van der Waals surface area contributed by atoms with Gasteiger partial charge in [0, 0.05) is 0 Å². The number of esters is 1. The number of hydrogen-bond acceptors (Lipinski definition) is 9. The van der Waals surface area contributed by atoms with E-state index in [9.17, 15) is 19.5 Å². The summed E-state index contributed by atoms with van der Waals surface area (Å²) in [4.78, 5) is 44.3. The summed E-state index contributed by atoms with van der Waals surface area (Å²) >= 11 is 3.39. The van der Waals surface area contributed by atoms with Gasteiger partial charge in [-0.3, -0.25) is 9.36 Å². The van der Waals surface area contributed by atoms with E-state index in [4.69, 9.17) is 23.9 Å². The van der Waals surface area contributed by atoms with Crippen LogP contribution >= 0.6 is 33.9 Å². The molecule has 1 aliphatic heterocycles. The maximum atomic E-state index is 14.2. The summed E-state index contributed by atoms with van der Waals surface area (Å²) in [6.45, 7) is 4.08. The van der Waals surface area contributed by atoms with Gasteiger partial charge in [-0.2, -0.15) is 0 Å². The molecular formula is C35H33IN2O8S. The molecule has 0 saturated carbocycles. The van der Waals surface area contributed by atoms with Gasteiger partial charge in [-0.05, 0) is 95.1 Å². The Morgan fingerprint density at radius 2 is 1.85 bits per heavy atom. The number of fused-ring (bicyclic) bond motifs is 1. The van der Waals surface area contributed by atoms with Crippen LogP contribution in [0.1, 0.15) is 59.8 Å². The molecule has 1 aliphatic rings. The first-order valence-electron chi connectivity index (χ1n) is 14.9. The van der Waals surface area contributed by atoms with Crippen LogP contribution in [0.5, 0.6) is 17.2 Å². The molecule has 1 N–H and O–H groups in total. The van der Waals surface area contributed by atoms with E-state index < -0.39 is 18.0 Å². The molecule has 0 radical (unpaired) electrons. The second-order valence-electron chi connectivity index (χ2n) is 10.5. The molecular weight excluding hydrogens is 735 g/mol. The summed E-state index contributed by atoms with van der Waals surface area (Å²) in [6.07, 6.45) is 3.06. The van der Waals surface area contributed by atoms with Gasteiger partial charge in [0.2, 0.25) is 0 Å². The van der Waals surface area contributed by atoms with Crippen molar-refractivity contribution in [1.29, 1.82) is 0 Å². The molecule has 1 aromatic heterocycles. The quantitative estimate of drug-likeness (QED) is 0.149. The zero-order chi connectivity index (χ0) is 33.7. The minimum Gasteiger partial charge on any atom is -0.497 e. The number of nitrogens with zero attached hydrogens (tertiary/aromatic N) is 2. The van der Waals surface area contributed by atoms with Crippen LogP contribution in [-0.2, 0) is 16.1 Å². The minimum atomic E-state index is -1.01. The Balaban J connectivity index is 1.59. The number of allylic oxidation sites excluding steroid dienone is 1. The van der Waals surface area contributed by atoms with Crippen molar-refractivity contribution in [3.05, 3.63) is 117 Å². The molecule has 3 aromatic carbocycles. The number of hydrogen-bond donors (Lipinski definition) is 1. The fraction of sp³-hybridized carbons (Fsp3) is 0.257. The Labute approximate surface area is 288 Å². The number of carboxylic acid groups (broad SMARTS) is 1. The van der Waals surface area contributed by atoms with E-state index in [1.54, 1.807) is 48.9 Å². The zero-order valence-corrected chi connectivity index (χ0v) is 29.2. The highest BCUT2D eigenvalue weighted by Gasteiger charge is 2.34. The molecule has 12 heteroatoms. The number of ether oxygens (including phenoxy) is 4. The lowest BCUT2D eigenvalue weighted by atomic mass is 9.94. The van der Waals surface area contributed by atoms with Gasteiger partial charge in [-0.25, -0.2) is 14.6 Å². The van der Waals surface area contributed by atoms with Gasteiger partial charge < -0.3 is 24.1 Å². The SMILES string of the molecule is CCCC1=C(C(=O)OCC)[C@H](c2cccc(OC)c2)n2c(s/c(=C\c3cc(I)c(OCc4cccc(C(=O)O)c4)c(OC)c3)c2=O)=N1. The Bertz CT molecular complexity index is 2050. The van der Waals surface area contributed by atoms with Crippen LogP contribution < -0.4 is 29.1 Å². The van der Waals surface area contributed by atoms with E-state index in [-0.39, 0.29) is 24.3 Å². The fourth-order valence-electron chi connectivity index (χ4n) is 5.31. The largest absolute Gasteiger partial charge is 0.497 e. The second kappa shape index (κ2) is 15.0. The summed E-state index contributed by atoms with van der Waals surface area (Å²) < 4.78 is 25.4. The van der Waals surface area contributed by atoms with E-state index in [0.717, 1.165) is 9.99 Å². The van der Waals surface area contributed by atoms with Crippen molar-refractivity contribution in [3.8, 4) is 17.2 Å². The standard InChI is InChI=1S/C35H33IN2O8S/c1-5-9-26-29(34(42)45-6-2)30(22-11-8-13-24(18-22)43-3)38-32(39)28(47-35(38)37-26)17-21-15-25(36)31(27(16-21)44-4)46-19-20-10-7-12-23(14-20)33(40)41/h7-8,10-18,30H,5-6,9,19H2,1-4H3,(H,40,41)/b28-17-/t30-/m0/s1. The van der Waals surface area contributed by atoms with Gasteiger partial charge in [-0.15, -0.1) is 0 Å². The van der Waals surface area contributed by atoms with Crippen molar-refractivity contribution < 1.29 is 33.6 Å². The number of benzene rings is 3. The summed E-state index contributed by atoms with van der Waals surface area (Å²) in [7, 11) is 3.10. The average Bonchev–Trinajstić information content (AvgIpc) is 3.37. The molecule has 0 amide bonds. The van der Waals surface area contributed by atoms with Crippen LogP contribution in [-0.4, -0.2) is 42.4 Å². The smallest absolute Gasteiger partial charge is 0.338 e. The lowest BCUT2D eigenvalue weighted by Gasteiger charge is -2.26. The van der Waals surface area contributed by atoms with Gasteiger partial charge in [0.15, 0.2) is 16.3 Å². The van der Waals surface area contributed by atoms with E-state index in [1.807, 2.05) is 37.3 Å². The molecule has 0 unspecified atom stereocenters. The van der Waals surface area contributed by atoms with Crippen LogP contribution in [0.4, 0.5) is 0 Å². The molecule has 0 saturated heterocycles. The third-order valence-corrected chi connectivity index (χ3v) is 9.19. The maximum Gasteiger partial charge on any atom is 0.338 e. The maximum absolute atomic E-state index is 14.2. The second-order valence-corrected chi connectivity index (χ2v) is 12.7. The molecule has 244 valence electrons. The Kier molecular flexibility index (Phi) is 10.8. The first-order chi connectivity index (χ1) is 22.7. The van der Waals surface area contributed by atoms with Gasteiger partial charge in [0.1, 0.15) is 12.4 Å². The van der Waals surface area contributed by atoms with Crippen LogP contribution in [0.3, 0.4) is 0 Å². The Morgan fingerprint density at radius 1 is 1.06 bits per heavy atom. The molecule has 4 aromatic rings. The number of halogens is 1. The lowest BCUT2D eigenvalue weighted by molar-refractivity contribution is -0.139. The number of aromatic nitrogens is 1. The molecule has 0 bridgehead atoms. The topological polar surface area (TPSA) is 126 Å². The Hall–Kier alpha value is -4.43. The van der Waals surface area contributed by atoms with E-state index in [0.29, 0.717) is 61.0 Å². The number of aromatic carboxylic acids is 1. The van der Waals surface area contributed by atoms with E-state index in [1.165, 1.54) is 24.5 Å². The Morgan fingerprint density at radius 3 is 2.55 bits per heavy atom. The van der Waals surface area contributed by atoms with Crippen molar-refractivity contribution in [3.63, 3.8) is 0 Å². The summed E-state index contributed by atoms with van der Waals surface area (Å²) in [6, 6.07) is 16.8. The molecule has 0 aliphatic carbocycles. The van der Waals surface area contributed by atoms with Crippen LogP contribution in [0.25, 0.3) is 6.08 Å². The predicted octanol–water partition coefficient (Wildman–Crippen LogP) is 5.48. The minimum absolute atomic E-state index is 0.137. The molecule has 0 fully saturated rings. The zero-order valence-electron chi connectivity index (χ0n) is 26.2. The van der Waals surface area contributed by atoms with E-state index in [2.05, 4.69) is 22.6 Å². The van der Waals surface area contributed by atoms with Crippen molar-refractivity contribution in [2.45, 2.75) is 39.3 Å². The first kappa shape index (κ1) is 33.9. The number of methoxy groups -OCH3 is 2. The molecule has 2 heterocycles. The highest BCUT2D eigenvalue weighted by Crippen LogP contribution is 2.36. The van der Waals surface area contributed by atoms with Crippen LogP contribution in [0.2, 0.25) is 0 Å². The van der Waals surface area contributed by atoms with Crippen molar-refractivity contribution in [2.24, 2.45) is 4.99 Å². The third-order valence-electron chi connectivity index (χ3n) is 7.41. The van der Waals surface area contributed by atoms with Crippen molar-refractivity contribution in [1.82, 2.24) is 4.57 Å². The third kappa shape index (κ3) is 7.28. The number of carbonyl (C=O) groups excluding carboxylic acids is 1. The number of carbonyl (C=O) groups is 2. The average molecular weight is 769 g/mol. The molecule has 10 nitrogen and oxygen atoms in total. The monoisotopic (exact) mass is 768 g/mol. The van der Waals surface area contributed by atoms with Gasteiger partial charge >= 0.3 is 11.9 Å². The molecule has 1 atom stereocenters. The lowest BCUT2D eigenvalue weighted by Crippen LogP contribution is -2.40. The molecule has 0 spiro atoms.